The van der Waals surface area contributed by atoms with E-state index in [0.717, 1.165) is 57.7 Å². The highest BCUT2D eigenvalue weighted by molar-refractivity contribution is 14.0. The van der Waals surface area contributed by atoms with Gasteiger partial charge in [-0.1, -0.05) is 13.0 Å². The number of aliphatic imine (C=N–C) groups is 1. The van der Waals surface area contributed by atoms with Crippen molar-refractivity contribution >= 4 is 29.9 Å². The molecule has 1 N–H and O–H groups in total. The molecular weight excluding hydrogens is 451 g/mol. The summed E-state index contributed by atoms with van der Waals surface area (Å²) in [6.07, 6.45) is 2.24. The van der Waals surface area contributed by atoms with Gasteiger partial charge in [-0.05, 0) is 31.4 Å². The Bertz CT molecular complexity index is 635. The molecule has 4 nitrogen and oxygen atoms in total. The number of likely N-dealkylation sites (tertiary alicyclic amines) is 1. The molecular formula is C19H28F2IN3O. The first-order valence-electron chi connectivity index (χ1n) is 9.09. The minimum Gasteiger partial charge on any atom is -0.381 e. The number of nitrogens with one attached hydrogen (secondary N) is 1. The van der Waals surface area contributed by atoms with Crippen molar-refractivity contribution in [3.63, 3.8) is 0 Å². The van der Waals surface area contributed by atoms with Crippen LogP contribution in [-0.4, -0.2) is 50.3 Å². The van der Waals surface area contributed by atoms with Crippen LogP contribution in [0.4, 0.5) is 8.78 Å². The van der Waals surface area contributed by atoms with E-state index in [1.54, 1.807) is 0 Å². The van der Waals surface area contributed by atoms with E-state index in [1.165, 1.54) is 12.1 Å². The van der Waals surface area contributed by atoms with Crippen molar-refractivity contribution in [3.05, 3.63) is 35.4 Å². The van der Waals surface area contributed by atoms with Crippen molar-refractivity contribution in [2.45, 2.75) is 32.6 Å². The van der Waals surface area contributed by atoms with Gasteiger partial charge in [0.15, 0.2) is 5.96 Å². The van der Waals surface area contributed by atoms with Crippen molar-refractivity contribution in [2.24, 2.45) is 10.4 Å². The number of guanidine groups is 1. The summed E-state index contributed by atoms with van der Waals surface area (Å²) in [7, 11) is 0. The quantitative estimate of drug-likeness (QED) is 0.406. The van der Waals surface area contributed by atoms with Crippen molar-refractivity contribution in [2.75, 3.05) is 39.4 Å². The van der Waals surface area contributed by atoms with Gasteiger partial charge in [-0.25, -0.2) is 8.78 Å². The first-order chi connectivity index (χ1) is 12.0. The van der Waals surface area contributed by atoms with Crippen LogP contribution in [0, 0.1) is 17.0 Å². The third-order valence-corrected chi connectivity index (χ3v) is 5.27. The molecule has 2 fully saturated rings. The van der Waals surface area contributed by atoms with Gasteiger partial charge in [0.1, 0.15) is 11.6 Å². The van der Waals surface area contributed by atoms with Gasteiger partial charge in [0.2, 0.25) is 0 Å². The molecule has 0 aliphatic carbocycles. The number of ether oxygens (including phenoxy) is 1. The summed E-state index contributed by atoms with van der Waals surface area (Å²) in [5, 5.41) is 3.34. The fourth-order valence-corrected chi connectivity index (χ4v) is 3.74. The van der Waals surface area contributed by atoms with E-state index in [1.807, 2.05) is 13.8 Å². The molecule has 0 saturated carbocycles. The number of halogens is 3. The van der Waals surface area contributed by atoms with Crippen LogP contribution in [-0.2, 0) is 4.74 Å². The zero-order valence-corrected chi connectivity index (χ0v) is 17.8. The molecule has 1 spiro atoms. The third-order valence-electron chi connectivity index (χ3n) is 5.27. The molecule has 1 aromatic carbocycles. The molecule has 2 aliphatic heterocycles. The smallest absolute Gasteiger partial charge is 0.193 e. The molecule has 0 aromatic heterocycles. The minimum atomic E-state index is -0.550. The number of hydrogen-bond acceptors (Lipinski definition) is 2. The Labute approximate surface area is 171 Å². The Kier molecular flexibility index (Phi) is 7.63. The average molecular weight is 479 g/mol. The monoisotopic (exact) mass is 479 g/mol. The number of nitrogens with zero attached hydrogens (tertiary/aromatic N) is 2. The highest BCUT2D eigenvalue weighted by Crippen LogP contribution is 2.38. The van der Waals surface area contributed by atoms with Crippen molar-refractivity contribution in [3.8, 4) is 0 Å². The third kappa shape index (κ3) is 4.85. The summed E-state index contributed by atoms with van der Waals surface area (Å²) in [5.74, 6) is -0.288. The molecule has 2 atom stereocenters. The number of rotatable bonds is 4. The van der Waals surface area contributed by atoms with E-state index in [2.05, 4.69) is 10.2 Å². The lowest BCUT2D eigenvalue weighted by Crippen LogP contribution is -2.41. The van der Waals surface area contributed by atoms with E-state index in [4.69, 9.17) is 9.73 Å². The van der Waals surface area contributed by atoms with Gasteiger partial charge in [-0.3, -0.25) is 4.99 Å². The normalized spacial score (nSPS) is 24.0. The highest BCUT2D eigenvalue weighted by atomic mass is 127. The van der Waals surface area contributed by atoms with Crippen LogP contribution in [0.25, 0.3) is 0 Å². The van der Waals surface area contributed by atoms with E-state index >= 15 is 0 Å². The van der Waals surface area contributed by atoms with Crippen LogP contribution < -0.4 is 5.32 Å². The van der Waals surface area contributed by atoms with Crippen LogP contribution in [0.5, 0.6) is 0 Å². The van der Waals surface area contributed by atoms with Gasteiger partial charge in [0.25, 0.3) is 0 Å². The largest absolute Gasteiger partial charge is 0.381 e. The predicted octanol–water partition coefficient (Wildman–Crippen LogP) is 3.76. The topological polar surface area (TPSA) is 36.9 Å². The number of benzene rings is 1. The second-order valence-electron chi connectivity index (χ2n) is 7.24. The molecule has 0 bridgehead atoms. The molecule has 0 amide bonds. The minimum absolute atomic E-state index is 0. The fourth-order valence-electron chi connectivity index (χ4n) is 3.74. The molecule has 2 unspecified atom stereocenters. The zero-order chi connectivity index (χ0) is 17.9. The maximum Gasteiger partial charge on any atom is 0.193 e. The Morgan fingerprint density at radius 3 is 2.85 bits per heavy atom. The molecule has 2 aliphatic rings. The first kappa shape index (κ1) is 21.3. The molecule has 0 radical (unpaired) electrons. The molecule has 7 heteroatoms. The second-order valence-corrected chi connectivity index (χ2v) is 7.24. The maximum absolute atomic E-state index is 13.9. The zero-order valence-electron chi connectivity index (χ0n) is 15.4. The molecule has 2 heterocycles. The SMILES string of the molecule is CCNC(=NCC(C)c1ccc(F)cc1F)N1CCC2(CCOC2)C1.I. The lowest BCUT2D eigenvalue weighted by molar-refractivity contribution is 0.156. The lowest BCUT2D eigenvalue weighted by Gasteiger charge is -2.25. The Morgan fingerprint density at radius 2 is 2.19 bits per heavy atom. The standard InChI is InChI=1S/C19H27F2N3O.HI/c1-3-22-18(24-8-6-19(12-24)7-9-25-13-19)23-11-14(2)16-5-4-15(20)10-17(16)21;/h4-5,10,14H,3,6-9,11-13H2,1-2H3,(H,22,23);1H. The van der Waals surface area contributed by atoms with Crippen LogP contribution in [0.1, 0.15) is 38.2 Å². The highest BCUT2D eigenvalue weighted by Gasteiger charge is 2.42. The molecule has 2 saturated heterocycles. The van der Waals surface area contributed by atoms with E-state index in [9.17, 15) is 8.78 Å². The maximum atomic E-state index is 13.9. The Morgan fingerprint density at radius 1 is 1.38 bits per heavy atom. The second kappa shape index (κ2) is 9.30. The summed E-state index contributed by atoms with van der Waals surface area (Å²) in [6.45, 7) is 8.82. The average Bonchev–Trinajstić information content (AvgIpc) is 3.21. The van der Waals surface area contributed by atoms with E-state index in [0.29, 0.717) is 12.1 Å². The summed E-state index contributed by atoms with van der Waals surface area (Å²) in [5.41, 5.74) is 0.772. The summed E-state index contributed by atoms with van der Waals surface area (Å²) < 4.78 is 32.6. The predicted molar refractivity (Wildman–Crippen MR) is 110 cm³/mol. The van der Waals surface area contributed by atoms with Gasteiger partial charge < -0.3 is 15.0 Å². The molecule has 146 valence electrons. The van der Waals surface area contributed by atoms with Crippen molar-refractivity contribution in [1.29, 1.82) is 0 Å². The fraction of sp³-hybridized carbons (Fsp3) is 0.632. The van der Waals surface area contributed by atoms with Gasteiger partial charge in [0, 0.05) is 50.2 Å². The Balaban J connectivity index is 0.00000243. The Hall–Kier alpha value is -0.960. The number of hydrogen-bond donors (Lipinski definition) is 1. The van der Waals surface area contributed by atoms with Gasteiger partial charge >= 0.3 is 0 Å². The van der Waals surface area contributed by atoms with E-state index < -0.39 is 11.6 Å². The molecule has 26 heavy (non-hydrogen) atoms. The van der Waals surface area contributed by atoms with Gasteiger partial charge in [-0.2, -0.15) is 0 Å². The van der Waals surface area contributed by atoms with E-state index in [-0.39, 0.29) is 35.3 Å². The summed E-state index contributed by atoms with van der Waals surface area (Å²) in [4.78, 5) is 7.00. The van der Waals surface area contributed by atoms with Crippen LogP contribution in [0.3, 0.4) is 0 Å². The summed E-state index contributed by atoms with van der Waals surface area (Å²) in [6, 6.07) is 3.75. The van der Waals surface area contributed by atoms with Crippen molar-refractivity contribution < 1.29 is 13.5 Å². The van der Waals surface area contributed by atoms with Gasteiger partial charge in [-0.15, -0.1) is 24.0 Å². The lowest BCUT2D eigenvalue weighted by atomic mass is 9.87. The summed E-state index contributed by atoms with van der Waals surface area (Å²) >= 11 is 0. The molecule has 3 rings (SSSR count). The van der Waals surface area contributed by atoms with Crippen LogP contribution in [0.2, 0.25) is 0 Å². The molecule has 1 aromatic rings. The van der Waals surface area contributed by atoms with Crippen molar-refractivity contribution in [1.82, 2.24) is 10.2 Å². The van der Waals surface area contributed by atoms with Crippen LogP contribution >= 0.6 is 24.0 Å². The van der Waals surface area contributed by atoms with Gasteiger partial charge in [0.05, 0.1) is 6.61 Å². The van der Waals surface area contributed by atoms with Crippen LogP contribution in [0.15, 0.2) is 23.2 Å². The first-order valence-corrected chi connectivity index (χ1v) is 9.09.